The maximum atomic E-state index is 6.39. The number of pyridine rings is 2. The Morgan fingerprint density at radius 2 is 1.04 bits per heavy atom. The fraction of sp³-hybridized carbons (Fsp3) is 0. The van der Waals surface area contributed by atoms with Crippen molar-refractivity contribution in [2.24, 2.45) is 0 Å². The average molecular weight is 368 g/mol. The van der Waals surface area contributed by atoms with Crippen LogP contribution in [0.4, 0.5) is 22.7 Å². The van der Waals surface area contributed by atoms with E-state index < -0.39 is 0 Å². The first-order chi connectivity index (χ1) is 13.5. The van der Waals surface area contributed by atoms with Crippen LogP contribution in [-0.2, 0) is 0 Å². The molecular weight excluding hydrogens is 348 g/mol. The second kappa shape index (κ2) is 6.92. The third-order valence-corrected chi connectivity index (χ3v) is 4.54. The van der Waals surface area contributed by atoms with Crippen molar-refractivity contribution in [2.45, 2.75) is 0 Å². The molecule has 6 nitrogen and oxygen atoms in total. The van der Waals surface area contributed by atoms with Gasteiger partial charge in [0.25, 0.3) is 0 Å². The molecule has 0 aliphatic rings. The molecule has 4 aromatic rings. The van der Waals surface area contributed by atoms with Gasteiger partial charge in [-0.1, -0.05) is 18.2 Å². The van der Waals surface area contributed by atoms with Crippen LogP contribution in [0.3, 0.4) is 0 Å². The van der Waals surface area contributed by atoms with Gasteiger partial charge in [0.1, 0.15) is 0 Å². The molecule has 2 aromatic heterocycles. The summed E-state index contributed by atoms with van der Waals surface area (Å²) in [6, 6.07) is 18.9. The maximum Gasteiger partial charge on any atom is 0.0731 e. The van der Waals surface area contributed by atoms with Gasteiger partial charge in [0.05, 0.1) is 35.2 Å². The molecule has 0 spiro atoms. The van der Waals surface area contributed by atoms with E-state index >= 15 is 0 Å². The number of anilines is 4. The van der Waals surface area contributed by atoms with Crippen molar-refractivity contribution >= 4 is 22.7 Å². The highest BCUT2D eigenvalue weighted by Gasteiger charge is 2.18. The Morgan fingerprint density at radius 3 is 1.57 bits per heavy atom. The summed E-state index contributed by atoms with van der Waals surface area (Å²) in [6.45, 7) is 0. The molecule has 0 radical (unpaired) electrons. The molecule has 0 bridgehead atoms. The number of nitrogens with zero attached hydrogens (tertiary/aromatic N) is 2. The van der Waals surface area contributed by atoms with Crippen LogP contribution in [0, 0.1) is 0 Å². The van der Waals surface area contributed by atoms with Crippen LogP contribution >= 0.6 is 0 Å². The summed E-state index contributed by atoms with van der Waals surface area (Å²) in [4.78, 5) is 9.02. The smallest absolute Gasteiger partial charge is 0.0731 e. The lowest BCUT2D eigenvalue weighted by Crippen LogP contribution is -2.00. The second-order valence-corrected chi connectivity index (χ2v) is 6.53. The van der Waals surface area contributed by atoms with Gasteiger partial charge in [0.15, 0.2) is 0 Å². The van der Waals surface area contributed by atoms with E-state index in [9.17, 15) is 0 Å². The number of nitrogen functional groups attached to an aromatic ring is 4. The summed E-state index contributed by atoms with van der Waals surface area (Å²) < 4.78 is 0. The van der Waals surface area contributed by atoms with Gasteiger partial charge in [-0.05, 0) is 53.6 Å². The van der Waals surface area contributed by atoms with Crippen molar-refractivity contribution in [3.8, 4) is 33.6 Å². The highest BCUT2D eigenvalue weighted by molar-refractivity contribution is 5.98. The van der Waals surface area contributed by atoms with Crippen molar-refractivity contribution in [1.82, 2.24) is 9.97 Å². The van der Waals surface area contributed by atoms with Crippen LogP contribution < -0.4 is 22.9 Å². The summed E-state index contributed by atoms with van der Waals surface area (Å²) in [6.07, 6.45) is 3.25. The Hall–Kier alpha value is -4.06. The molecule has 8 N–H and O–H groups in total. The number of aromatic nitrogens is 2. The van der Waals surface area contributed by atoms with Crippen LogP contribution in [0.2, 0.25) is 0 Å². The van der Waals surface area contributed by atoms with Gasteiger partial charge in [-0.3, -0.25) is 9.97 Å². The monoisotopic (exact) mass is 368 g/mol. The SMILES string of the molecule is Nc1ccc(-c2ccc(N)c(-c3ccc(N)cn3)c2-c2ccc(N)cn2)cc1. The molecule has 0 aliphatic carbocycles. The van der Waals surface area contributed by atoms with Crippen LogP contribution in [0.5, 0.6) is 0 Å². The van der Waals surface area contributed by atoms with Crippen LogP contribution in [0.25, 0.3) is 33.6 Å². The predicted molar refractivity (Wildman–Crippen MR) is 116 cm³/mol. The Balaban J connectivity index is 2.04. The van der Waals surface area contributed by atoms with Gasteiger partial charge in [-0.2, -0.15) is 0 Å². The second-order valence-electron chi connectivity index (χ2n) is 6.53. The van der Waals surface area contributed by atoms with Crippen molar-refractivity contribution in [3.63, 3.8) is 0 Å². The topological polar surface area (TPSA) is 130 Å². The van der Waals surface area contributed by atoms with Crippen LogP contribution in [-0.4, -0.2) is 9.97 Å². The Bertz CT molecular complexity index is 1120. The number of benzene rings is 2. The molecule has 0 aliphatic heterocycles. The largest absolute Gasteiger partial charge is 0.399 e. The summed E-state index contributed by atoms with van der Waals surface area (Å²) in [5.41, 5.74) is 31.5. The molecule has 4 rings (SSSR count). The maximum absolute atomic E-state index is 6.39. The average Bonchev–Trinajstić information content (AvgIpc) is 2.70. The highest BCUT2D eigenvalue weighted by atomic mass is 14.7. The van der Waals surface area contributed by atoms with E-state index in [0.29, 0.717) is 22.7 Å². The molecule has 6 heteroatoms. The molecule has 0 unspecified atom stereocenters. The summed E-state index contributed by atoms with van der Waals surface area (Å²) >= 11 is 0. The van der Waals surface area contributed by atoms with Gasteiger partial charge in [0, 0.05) is 22.5 Å². The number of rotatable bonds is 3. The summed E-state index contributed by atoms with van der Waals surface area (Å²) in [5.74, 6) is 0. The standard InChI is InChI=1S/C22H20N6/c23-14-3-1-13(2-4-14)17-7-8-18(26)22(20-10-6-16(25)12-28-20)21(17)19-9-5-15(24)11-27-19/h1-12H,23-26H2. The highest BCUT2D eigenvalue weighted by Crippen LogP contribution is 2.42. The zero-order chi connectivity index (χ0) is 19.7. The quantitative estimate of drug-likeness (QED) is 0.407. The molecule has 0 saturated carbocycles. The third kappa shape index (κ3) is 3.19. The van der Waals surface area contributed by atoms with E-state index in [1.807, 2.05) is 54.6 Å². The van der Waals surface area contributed by atoms with Gasteiger partial charge in [0.2, 0.25) is 0 Å². The first-order valence-electron chi connectivity index (χ1n) is 8.75. The fourth-order valence-electron chi connectivity index (χ4n) is 3.17. The molecule has 0 atom stereocenters. The Morgan fingerprint density at radius 1 is 0.500 bits per heavy atom. The first kappa shape index (κ1) is 17.4. The minimum absolute atomic E-state index is 0.587. The summed E-state index contributed by atoms with van der Waals surface area (Å²) in [5, 5.41) is 0. The van der Waals surface area contributed by atoms with Crippen molar-refractivity contribution < 1.29 is 0 Å². The minimum Gasteiger partial charge on any atom is -0.399 e. The van der Waals surface area contributed by atoms with E-state index in [4.69, 9.17) is 22.9 Å². The lowest BCUT2D eigenvalue weighted by molar-refractivity contribution is 1.30. The number of hydrogen-bond donors (Lipinski definition) is 4. The van der Waals surface area contributed by atoms with Gasteiger partial charge < -0.3 is 22.9 Å². The molecule has 2 aromatic carbocycles. The molecule has 0 amide bonds. The van der Waals surface area contributed by atoms with Crippen LogP contribution in [0.15, 0.2) is 73.1 Å². The Kier molecular flexibility index (Phi) is 4.29. The zero-order valence-electron chi connectivity index (χ0n) is 15.1. The molecule has 2 heterocycles. The zero-order valence-corrected chi connectivity index (χ0v) is 15.1. The molecule has 28 heavy (non-hydrogen) atoms. The predicted octanol–water partition coefficient (Wildman–Crippen LogP) is 3.81. The van der Waals surface area contributed by atoms with E-state index in [0.717, 1.165) is 33.6 Å². The number of nitrogens with two attached hydrogens (primary N) is 4. The number of hydrogen-bond acceptors (Lipinski definition) is 6. The molecular formula is C22H20N6. The fourth-order valence-corrected chi connectivity index (χ4v) is 3.17. The minimum atomic E-state index is 0.587. The third-order valence-electron chi connectivity index (χ3n) is 4.54. The Labute approximate surface area is 162 Å². The van der Waals surface area contributed by atoms with E-state index in [2.05, 4.69) is 9.97 Å². The lowest BCUT2D eigenvalue weighted by atomic mass is 9.90. The van der Waals surface area contributed by atoms with Crippen molar-refractivity contribution in [2.75, 3.05) is 22.9 Å². The van der Waals surface area contributed by atoms with Crippen LogP contribution in [0.1, 0.15) is 0 Å². The normalized spacial score (nSPS) is 10.7. The van der Waals surface area contributed by atoms with E-state index in [1.165, 1.54) is 0 Å². The molecule has 0 fully saturated rings. The van der Waals surface area contributed by atoms with Gasteiger partial charge >= 0.3 is 0 Å². The van der Waals surface area contributed by atoms with E-state index in [1.54, 1.807) is 18.5 Å². The van der Waals surface area contributed by atoms with Crippen molar-refractivity contribution in [3.05, 3.63) is 73.1 Å². The van der Waals surface area contributed by atoms with Gasteiger partial charge in [-0.25, -0.2) is 0 Å². The first-order valence-corrected chi connectivity index (χ1v) is 8.75. The summed E-state index contributed by atoms with van der Waals surface area (Å²) in [7, 11) is 0. The lowest BCUT2D eigenvalue weighted by Gasteiger charge is -2.17. The van der Waals surface area contributed by atoms with Gasteiger partial charge in [-0.15, -0.1) is 0 Å². The molecule has 0 saturated heterocycles. The van der Waals surface area contributed by atoms with Crippen molar-refractivity contribution in [1.29, 1.82) is 0 Å². The van der Waals surface area contributed by atoms with E-state index in [-0.39, 0.29) is 0 Å². The molecule has 138 valence electrons.